The van der Waals surface area contributed by atoms with Crippen LogP contribution in [0.25, 0.3) is 0 Å². The molecule has 0 spiro atoms. The zero-order valence-corrected chi connectivity index (χ0v) is 10.4. The van der Waals surface area contributed by atoms with Crippen LogP contribution in [-0.4, -0.2) is 11.7 Å². The van der Waals surface area contributed by atoms with Gasteiger partial charge in [0.25, 0.3) is 0 Å². The van der Waals surface area contributed by atoms with E-state index in [0.29, 0.717) is 12.1 Å². The molecule has 2 rings (SSSR count). The summed E-state index contributed by atoms with van der Waals surface area (Å²) in [4.78, 5) is 0. The third kappa shape index (κ3) is 2.46. The summed E-state index contributed by atoms with van der Waals surface area (Å²) >= 11 is 0. The van der Waals surface area contributed by atoms with E-state index >= 15 is 0 Å². The Balaban J connectivity index is 2.01. The first-order chi connectivity index (χ1) is 8.56. The highest BCUT2D eigenvalue weighted by molar-refractivity contribution is 5.34. The van der Waals surface area contributed by atoms with Crippen LogP contribution in [0.4, 0.5) is 4.39 Å². The predicted octanol–water partition coefficient (Wildman–Crippen LogP) is 2.88. The zero-order valence-electron chi connectivity index (χ0n) is 10.4. The van der Waals surface area contributed by atoms with E-state index in [-0.39, 0.29) is 23.0 Å². The molecule has 0 heterocycles. The number of nitriles is 1. The number of benzene rings is 1. The Kier molecular flexibility index (Phi) is 3.53. The Morgan fingerprint density at radius 1 is 1.56 bits per heavy atom. The van der Waals surface area contributed by atoms with Gasteiger partial charge in [-0.3, -0.25) is 0 Å². The van der Waals surface area contributed by atoms with Gasteiger partial charge in [-0.1, -0.05) is 6.42 Å². The second kappa shape index (κ2) is 4.95. The molecule has 1 aromatic rings. The lowest BCUT2D eigenvalue weighted by Crippen LogP contribution is -2.39. The largest absolute Gasteiger partial charge is 0.508 e. The monoisotopic (exact) mass is 248 g/mol. The molecule has 0 bridgehead atoms. The van der Waals surface area contributed by atoms with Gasteiger partial charge in [-0.2, -0.15) is 5.26 Å². The molecule has 1 fully saturated rings. The summed E-state index contributed by atoms with van der Waals surface area (Å²) in [6.45, 7) is 2.44. The lowest BCUT2D eigenvalue weighted by atomic mass is 9.70. The van der Waals surface area contributed by atoms with Crippen molar-refractivity contribution in [3.63, 3.8) is 0 Å². The van der Waals surface area contributed by atoms with E-state index in [2.05, 4.69) is 11.4 Å². The third-order valence-electron chi connectivity index (χ3n) is 3.75. The van der Waals surface area contributed by atoms with Crippen LogP contribution in [-0.2, 0) is 0 Å². The molecule has 3 nitrogen and oxygen atoms in total. The van der Waals surface area contributed by atoms with Crippen molar-refractivity contribution >= 4 is 0 Å². The number of rotatable bonds is 4. The van der Waals surface area contributed by atoms with Crippen LogP contribution in [0.5, 0.6) is 5.75 Å². The second-order valence-electron chi connectivity index (χ2n) is 5.05. The van der Waals surface area contributed by atoms with Crippen LogP contribution in [0.1, 0.15) is 37.8 Å². The van der Waals surface area contributed by atoms with Gasteiger partial charge in [0.15, 0.2) is 0 Å². The molecular weight excluding hydrogens is 231 g/mol. The van der Waals surface area contributed by atoms with Crippen LogP contribution in [0.3, 0.4) is 0 Å². The first kappa shape index (κ1) is 12.8. The highest BCUT2D eigenvalue weighted by Gasteiger charge is 2.37. The molecule has 96 valence electrons. The van der Waals surface area contributed by atoms with Crippen LogP contribution >= 0.6 is 0 Å². The molecule has 0 amide bonds. The Bertz CT molecular complexity index is 477. The number of halogens is 1. The Hall–Kier alpha value is -1.60. The van der Waals surface area contributed by atoms with Gasteiger partial charge in [-0.25, -0.2) is 4.39 Å². The average Bonchev–Trinajstić information content (AvgIpc) is 2.31. The van der Waals surface area contributed by atoms with E-state index in [1.165, 1.54) is 18.2 Å². The molecule has 1 saturated carbocycles. The quantitative estimate of drug-likeness (QED) is 0.861. The summed E-state index contributed by atoms with van der Waals surface area (Å²) in [6.07, 6.45) is 2.92. The normalized spacial score (nSPS) is 18.7. The van der Waals surface area contributed by atoms with Gasteiger partial charge in [-0.05, 0) is 38.0 Å². The van der Waals surface area contributed by atoms with Gasteiger partial charge in [0.2, 0.25) is 0 Å². The number of phenols is 1. The van der Waals surface area contributed by atoms with Crippen molar-refractivity contribution in [2.45, 2.75) is 32.2 Å². The Morgan fingerprint density at radius 3 is 2.83 bits per heavy atom. The maximum absolute atomic E-state index is 13.1. The summed E-state index contributed by atoms with van der Waals surface area (Å²) in [7, 11) is 0. The first-order valence-corrected chi connectivity index (χ1v) is 6.19. The van der Waals surface area contributed by atoms with E-state index in [1.807, 2.05) is 6.92 Å². The fourth-order valence-corrected chi connectivity index (χ4v) is 2.26. The van der Waals surface area contributed by atoms with Crippen LogP contribution in [0.2, 0.25) is 0 Å². The van der Waals surface area contributed by atoms with Crippen molar-refractivity contribution in [2.75, 3.05) is 6.54 Å². The number of hydrogen-bond acceptors (Lipinski definition) is 3. The van der Waals surface area contributed by atoms with Gasteiger partial charge in [0.05, 0.1) is 11.5 Å². The summed E-state index contributed by atoms with van der Waals surface area (Å²) in [6, 6.07) is 6.08. The van der Waals surface area contributed by atoms with Crippen molar-refractivity contribution in [3.05, 3.63) is 29.6 Å². The van der Waals surface area contributed by atoms with Crippen molar-refractivity contribution in [3.8, 4) is 11.8 Å². The summed E-state index contributed by atoms with van der Waals surface area (Å²) in [5.74, 6) is -0.286. The maximum atomic E-state index is 13.1. The molecule has 1 atom stereocenters. The number of phenolic OH excluding ortho intramolecular Hbond substituents is 1. The molecule has 0 radical (unpaired) electrons. The molecule has 0 aromatic heterocycles. The first-order valence-electron chi connectivity index (χ1n) is 6.19. The SMILES string of the molecule is C[C@H](NCC1(C#N)CCC1)c1cc(F)ccc1O. The van der Waals surface area contributed by atoms with Crippen LogP contribution in [0, 0.1) is 22.6 Å². The van der Waals surface area contributed by atoms with Crippen molar-refractivity contribution < 1.29 is 9.50 Å². The predicted molar refractivity (Wildman–Crippen MR) is 66.4 cm³/mol. The number of aromatic hydroxyl groups is 1. The van der Waals surface area contributed by atoms with E-state index < -0.39 is 0 Å². The standard InChI is InChI=1S/C14H17FN2O/c1-10(12-7-11(15)3-4-13(12)18)17-9-14(8-16)5-2-6-14/h3-4,7,10,17-18H,2,5-6,9H2,1H3/t10-/m0/s1. The molecule has 1 aliphatic carbocycles. The van der Waals surface area contributed by atoms with Gasteiger partial charge in [-0.15, -0.1) is 0 Å². The summed E-state index contributed by atoms with van der Waals surface area (Å²) in [5.41, 5.74) is 0.263. The second-order valence-corrected chi connectivity index (χ2v) is 5.05. The molecular formula is C14H17FN2O. The lowest BCUT2D eigenvalue weighted by molar-refractivity contribution is 0.200. The smallest absolute Gasteiger partial charge is 0.123 e. The Morgan fingerprint density at radius 2 is 2.28 bits per heavy atom. The minimum atomic E-state index is -0.366. The van der Waals surface area contributed by atoms with Gasteiger partial charge >= 0.3 is 0 Å². The molecule has 1 aliphatic rings. The van der Waals surface area contributed by atoms with E-state index in [0.717, 1.165) is 19.3 Å². The fraction of sp³-hybridized carbons (Fsp3) is 0.500. The molecule has 2 N–H and O–H groups in total. The highest BCUT2D eigenvalue weighted by Crippen LogP contribution is 2.40. The van der Waals surface area contributed by atoms with Crippen molar-refractivity contribution in [2.24, 2.45) is 5.41 Å². The van der Waals surface area contributed by atoms with E-state index in [1.54, 1.807) is 0 Å². The number of nitrogens with zero attached hydrogens (tertiary/aromatic N) is 1. The number of nitrogens with one attached hydrogen (secondary N) is 1. The number of hydrogen-bond donors (Lipinski definition) is 2. The topological polar surface area (TPSA) is 56.0 Å². The van der Waals surface area contributed by atoms with Crippen LogP contribution < -0.4 is 5.32 Å². The lowest BCUT2D eigenvalue weighted by Gasteiger charge is -2.36. The summed E-state index contributed by atoms with van der Waals surface area (Å²) in [5, 5.41) is 22.0. The minimum absolute atomic E-state index is 0.0796. The van der Waals surface area contributed by atoms with E-state index in [9.17, 15) is 9.50 Å². The average molecular weight is 248 g/mol. The van der Waals surface area contributed by atoms with Gasteiger partial charge in [0, 0.05) is 18.2 Å². The zero-order chi connectivity index (χ0) is 13.2. The molecule has 0 saturated heterocycles. The van der Waals surface area contributed by atoms with Gasteiger partial charge in [0.1, 0.15) is 11.6 Å². The molecule has 18 heavy (non-hydrogen) atoms. The fourth-order valence-electron chi connectivity index (χ4n) is 2.26. The Labute approximate surface area is 106 Å². The molecule has 0 unspecified atom stereocenters. The van der Waals surface area contributed by atoms with Crippen molar-refractivity contribution in [1.29, 1.82) is 5.26 Å². The summed E-state index contributed by atoms with van der Waals surface area (Å²) < 4.78 is 13.1. The molecule has 1 aromatic carbocycles. The minimum Gasteiger partial charge on any atom is -0.508 e. The van der Waals surface area contributed by atoms with Crippen molar-refractivity contribution in [1.82, 2.24) is 5.32 Å². The highest BCUT2D eigenvalue weighted by atomic mass is 19.1. The molecule has 0 aliphatic heterocycles. The van der Waals surface area contributed by atoms with E-state index in [4.69, 9.17) is 5.26 Å². The maximum Gasteiger partial charge on any atom is 0.123 e. The molecule has 4 heteroatoms. The third-order valence-corrected chi connectivity index (χ3v) is 3.75. The van der Waals surface area contributed by atoms with Crippen LogP contribution in [0.15, 0.2) is 18.2 Å². The van der Waals surface area contributed by atoms with Gasteiger partial charge < -0.3 is 10.4 Å².